The minimum absolute atomic E-state index is 0.171. The van der Waals surface area contributed by atoms with Gasteiger partial charge in [-0.15, -0.1) is 0 Å². The summed E-state index contributed by atoms with van der Waals surface area (Å²) >= 11 is 6.61. The smallest absolute Gasteiger partial charge is 0.294 e. The maximum absolute atomic E-state index is 13.0. The Bertz CT molecular complexity index is 1270. The van der Waals surface area contributed by atoms with Crippen LogP contribution in [-0.4, -0.2) is 18.9 Å². The van der Waals surface area contributed by atoms with E-state index in [4.69, 9.17) is 16.9 Å². The lowest BCUT2D eigenvalue weighted by molar-refractivity contribution is 0.738. The first kappa shape index (κ1) is 18.8. The van der Waals surface area contributed by atoms with Crippen LogP contribution >= 0.6 is 11.6 Å². The molecule has 7 heteroatoms. The summed E-state index contributed by atoms with van der Waals surface area (Å²) < 4.78 is 4.92. The second kappa shape index (κ2) is 7.46. The Morgan fingerprint density at radius 3 is 2.38 bits per heavy atom. The van der Waals surface area contributed by atoms with E-state index in [9.17, 15) is 4.79 Å². The van der Waals surface area contributed by atoms with Crippen LogP contribution in [0.25, 0.3) is 11.4 Å². The third-order valence-corrected chi connectivity index (χ3v) is 5.23. The Hall–Kier alpha value is -3.56. The highest BCUT2D eigenvalue weighted by Gasteiger charge is 2.18. The average Bonchev–Trinajstić information content (AvgIpc) is 3.18. The second-order valence-electron chi connectivity index (χ2n) is 6.78. The van der Waals surface area contributed by atoms with Crippen molar-refractivity contribution in [3.8, 4) is 17.4 Å². The van der Waals surface area contributed by atoms with Gasteiger partial charge in [0.05, 0.1) is 35.2 Å². The fraction of sp³-hybridized carbons (Fsp3) is 0.136. The van der Waals surface area contributed by atoms with Crippen LogP contribution in [0.2, 0.25) is 5.15 Å². The summed E-state index contributed by atoms with van der Waals surface area (Å²) in [6.45, 7) is 4.08. The zero-order valence-electron chi connectivity index (χ0n) is 16.0. The zero-order valence-corrected chi connectivity index (χ0v) is 16.8. The molecular formula is C22H18ClN5O. The number of benzene rings is 2. The maximum Gasteiger partial charge on any atom is 0.333 e. The van der Waals surface area contributed by atoms with E-state index in [1.54, 1.807) is 44.3 Å². The lowest BCUT2D eigenvalue weighted by Gasteiger charge is -2.05. The van der Waals surface area contributed by atoms with Crippen LogP contribution in [0.1, 0.15) is 22.5 Å². The van der Waals surface area contributed by atoms with Crippen molar-refractivity contribution in [3.63, 3.8) is 0 Å². The van der Waals surface area contributed by atoms with E-state index in [1.165, 1.54) is 0 Å². The minimum Gasteiger partial charge on any atom is -0.294 e. The Balaban J connectivity index is 1.72. The molecule has 0 radical (unpaired) electrons. The van der Waals surface area contributed by atoms with E-state index >= 15 is 0 Å². The molecule has 0 aliphatic heterocycles. The first-order valence-corrected chi connectivity index (χ1v) is 9.46. The van der Waals surface area contributed by atoms with Crippen LogP contribution in [0.15, 0.2) is 65.6 Å². The van der Waals surface area contributed by atoms with Gasteiger partial charge in [-0.2, -0.15) is 10.4 Å². The van der Waals surface area contributed by atoms with Crippen LogP contribution in [0, 0.1) is 25.2 Å². The predicted octanol–water partition coefficient (Wildman–Crippen LogP) is 4.01. The van der Waals surface area contributed by atoms with Crippen molar-refractivity contribution in [3.05, 3.63) is 98.9 Å². The molecule has 0 spiro atoms. The Morgan fingerprint density at radius 2 is 1.72 bits per heavy atom. The standard InChI is InChI=1S/C22H18ClN5O/c1-15-13-26(22(29)27(15)18-10-8-17(12-24)9-11-18)14-20-16(2)25-28(21(20)23)19-6-4-3-5-7-19/h3-11,13H,14H2,1-2H3. The van der Waals surface area contributed by atoms with Crippen LogP contribution < -0.4 is 5.69 Å². The molecule has 144 valence electrons. The van der Waals surface area contributed by atoms with Crippen molar-refractivity contribution in [2.24, 2.45) is 0 Å². The fourth-order valence-corrected chi connectivity index (χ4v) is 3.68. The molecule has 29 heavy (non-hydrogen) atoms. The number of halogens is 1. The first-order chi connectivity index (χ1) is 14.0. The maximum atomic E-state index is 13.0. The molecule has 0 aliphatic rings. The van der Waals surface area contributed by atoms with Gasteiger partial charge in [0.2, 0.25) is 0 Å². The van der Waals surface area contributed by atoms with E-state index in [2.05, 4.69) is 11.2 Å². The van der Waals surface area contributed by atoms with Gasteiger partial charge >= 0.3 is 5.69 Å². The molecule has 0 unspecified atom stereocenters. The van der Waals surface area contributed by atoms with Crippen LogP contribution in [-0.2, 0) is 6.54 Å². The largest absolute Gasteiger partial charge is 0.333 e. The van der Waals surface area contributed by atoms with Crippen LogP contribution in [0.4, 0.5) is 0 Å². The molecule has 0 fully saturated rings. The summed E-state index contributed by atoms with van der Waals surface area (Å²) in [4.78, 5) is 13.0. The number of hydrogen-bond donors (Lipinski definition) is 0. The third kappa shape index (κ3) is 3.37. The molecule has 0 aliphatic carbocycles. The van der Waals surface area contributed by atoms with Gasteiger partial charge in [-0.05, 0) is 50.2 Å². The van der Waals surface area contributed by atoms with Crippen LogP contribution in [0.5, 0.6) is 0 Å². The van der Waals surface area contributed by atoms with Crippen LogP contribution in [0.3, 0.4) is 0 Å². The number of imidazole rings is 1. The highest BCUT2D eigenvalue weighted by molar-refractivity contribution is 6.30. The lowest BCUT2D eigenvalue weighted by Crippen LogP contribution is -2.24. The van der Waals surface area contributed by atoms with Crippen molar-refractivity contribution in [1.82, 2.24) is 18.9 Å². The number of nitrogens with zero attached hydrogens (tertiary/aromatic N) is 5. The van der Waals surface area contributed by atoms with E-state index in [0.29, 0.717) is 22.9 Å². The summed E-state index contributed by atoms with van der Waals surface area (Å²) in [5.41, 5.74) is 4.33. The van der Waals surface area contributed by atoms with Gasteiger partial charge < -0.3 is 0 Å². The predicted molar refractivity (Wildman–Crippen MR) is 112 cm³/mol. The van der Waals surface area contributed by atoms with Gasteiger partial charge in [-0.1, -0.05) is 29.8 Å². The normalized spacial score (nSPS) is 10.8. The number of nitriles is 1. The van der Waals surface area contributed by atoms with E-state index in [-0.39, 0.29) is 5.69 Å². The second-order valence-corrected chi connectivity index (χ2v) is 7.14. The first-order valence-electron chi connectivity index (χ1n) is 9.08. The molecule has 0 atom stereocenters. The summed E-state index contributed by atoms with van der Waals surface area (Å²) in [6, 6.07) is 18.7. The highest BCUT2D eigenvalue weighted by atomic mass is 35.5. The summed E-state index contributed by atoms with van der Waals surface area (Å²) in [7, 11) is 0. The van der Waals surface area contributed by atoms with Gasteiger partial charge in [0.15, 0.2) is 0 Å². The number of aryl methyl sites for hydroxylation is 2. The van der Waals surface area contributed by atoms with Crippen molar-refractivity contribution >= 4 is 11.6 Å². The minimum atomic E-state index is -0.171. The van der Waals surface area contributed by atoms with E-state index in [1.807, 2.05) is 44.2 Å². The average molecular weight is 404 g/mol. The third-order valence-electron chi connectivity index (χ3n) is 4.84. The Kier molecular flexibility index (Phi) is 4.83. The van der Waals surface area contributed by atoms with Gasteiger partial charge in [0.1, 0.15) is 5.15 Å². The van der Waals surface area contributed by atoms with E-state index in [0.717, 1.165) is 22.6 Å². The molecule has 2 aromatic carbocycles. The molecule has 0 amide bonds. The Morgan fingerprint density at radius 1 is 1.03 bits per heavy atom. The molecule has 2 heterocycles. The van der Waals surface area contributed by atoms with Crippen molar-refractivity contribution < 1.29 is 0 Å². The van der Waals surface area contributed by atoms with Gasteiger partial charge in [0.25, 0.3) is 0 Å². The number of para-hydroxylation sites is 1. The molecule has 0 saturated heterocycles. The quantitative estimate of drug-likeness (QED) is 0.517. The lowest BCUT2D eigenvalue weighted by atomic mass is 10.2. The molecule has 0 bridgehead atoms. The molecule has 0 saturated carbocycles. The highest BCUT2D eigenvalue weighted by Crippen LogP contribution is 2.24. The topological polar surface area (TPSA) is 68.5 Å². The summed E-state index contributed by atoms with van der Waals surface area (Å²) in [5.74, 6) is 0. The monoisotopic (exact) mass is 403 g/mol. The molecule has 0 N–H and O–H groups in total. The van der Waals surface area contributed by atoms with Gasteiger partial charge in [-0.3, -0.25) is 9.13 Å². The SMILES string of the molecule is Cc1nn(-c2ccccc2)c(Cl)c1Cn1cc(C)n(-c2ccc(C#N)cc2)c1=O. The summed E-state index contributed by atoms with van der Waals surface area (Å²) in [6.07, 6.45) is 1.80. The van der Waals surface area contributed by atoms with Crippen molar-refractivity contribution in [1.29, 1.82) is 5.26 Å². The Labute approximate surface area is 172 Å². The van der Waals surface area contributed by atoms with E-state index < -0.39 is 0 Å². The molecule has 4 aromatic rings. The number of rotatable bonds is 4. The van der Waals surface area contributed by atoms with Gasteiger partial charge in [0, 0.05) is 17.5 Å². The molecular weight excluding hydrogens is 386 g/mol. The fourth-order valence-electron chi connectivity index (χ4n) is 3.35. The van der Waals surface area contributed by atoms with Crippen molar-refractivity contribution in [2.45, 2.75) is 20.4 Å². The zero-order chi connectivity index (χ0) is 20.5. The van der Waals surface area contributed by atoms with Crippen molar-refractivity contribution in [2.75, 3.05) is 0 Å². The molecule has 6 nitrogen and oxygen atoms in total. The number of aromatic nitrogens is 4. The number of hydrogen-bond acceptors (Lipinski definition) is 3. The molecule has 2 aromatic heterocycles. The van der Waals surface area contributed by atoms with Gasteiger partial charge in [-0.25, -0.2) is 9.48 Å². The molecule has 4 rings (SSSR count). The summed E-state index contributed by atoms with van der Waals surface area (Å²) in [5, 5.41) is 14.0.